The van der Waals surface area contributed by atoms with Crippen LogP contribution in [0.3, 0.4) is 0 Å². The largest absolute Gasteiger partial charge is 0.459 e. The molecule has 1 amide bonds. The first-order valence-corrected chi connectivity index (χ1v) is 17.4. The van der Waals surface area contributed by atoms with E-state index in [0.717, 1.165) is 34.9 Å². The number of benzene rings is 2. The fourth-order valence-corrected chi connectivity index (χ4v) is 6.52. The van der Waals surface area contributed by atoms with Gasteiger partial charge in [-0.3, -0.25) is 0 Å². The van der Waals surface area contributed by atoms with Gasteiger partial charge in [0.1, 0.15) is 24.1 Å². The Morgan fingerprint density at radius 2 is 1.72 bits per heavy atom. The molecule has 0 saturated carbocycles. The molecule has 2 aromatic carbocycles. The third-order valence-electron chi connectivity index (χ3n) is 9.03. The maximum absolute atomic E-state index is 16.8. The number of alkyl halides is 3. The zero-order valence-corrected chi connectivity index (χ0v) is 30.3. The lowest BCUT2D eigenvalue weighted by atomic mass is 9.95. The molecular formula is C38H41F4N7O4. The summed E-state index contributed by atoms with van der Waals surface area (Å²) in [5.41, 5.74) is 4.22. The van der Waals surface area contributed by atoms with Crippen LogP contribution in [0.4, 0.5) is 28.3 Å². The average Bonchev–Trinajstić information content (AvgIpc) is 3.74. The Morgan fingerprint density at radius 1 is 1.04 bits per heavy atom. The van der Waals surface area contributed by atoms with Crippen LogP contribution in [-0.2, 0) is 52.9 Å². The van der Waals surface area contributed by atoms with E-state index in [0.29, 0.717) is 53.5 Å². The number of aromatic amines is 1. The first kappa shape index (κ1) is 37.3. The van der Waals surface area contributed by atoms with Crippen molar-refractivity contribution in [2.45, 2.75) is 91.8 Å². The van der Waals surface area contributed by atoms with Crippen LogP contribution in [0.2, 0.25) is 0 Å². The van der Waals surface area contributed by atoms with Crippen molar-refractivity contribution in [1.29, 1.82) is 0 Å². The van der Waals surface area contributed by atoms with Crippen molar-refractivity contribution >= 4 is 28.9 Å². The van der Waals surface area contributed by atoms with E-state index in [-0.39, 0.29) is 24.7 Å². The SMILES string of the molecule is CCc1cccc(CC)c1-n1nc2c(c1-c1c(F)cc(COC(=O)[C@H](C)NC(=O)OC(C)(C)C)c3[nH]ccc13)CN(c1ncc(C(F)(F)F)cn1)CC2. The minimum atomic E-state index is -4.58. The van der Waals surface area contributed by atoms with E-state index in [2.05, 4.69) is 20.3 Å². The molecule has 0 radical (unpaired) electrons. The summed E-state index contributed by atoms with van der Waals surface area (Å²) in [7, 11) is 0. The maximum atomic E-state index is 16.8. The van der Waals surface area contributed by atoms with E-state index < -0.39 is 41.3 Å². The third kappa shape index (κ3) is 7.69. The van der Waals surface area contributed by atoms with Gasteiger partial charge in [0.25, 0.3) is 0 Å². The molecule has 1 atom stereocenters. The van der Waals surface area contributed by atoms with Crippen molar-refractivity contribution in [2.75, 3.05) is 11.4 Å². The van der Waals surface area contributed by atoms with Gasteiger partial charge in [0.15, 0.2) is 0 Å². The maximum Gasteiger partial charge on any atom is 0.419 e. The van der Waals surface area contributed by atoms with Crippen LogP contribution in [0.1, 0.15) is 75.1 Å². The molecule has 0 unspecified atom stereocenters. The molecule has 0 aliphatic carbocycles. The fourth-order valence-electron chi connectivity index (χ4n) is 6.52. The second-order valence-electron chi connectivity index (χ2n) is 13.9. The number of ether oxygens (including phenoxy) is 2. The molecule has 15 heteroatoms. The lowest BCUT2D eigenvalue weighted by molar-refractivity contribution is -0.147. The molecule has 11 nitrogen and oxygen atoms in total. The Hall–Kier alpha value is -5.47. The number of nitrogens with one attached hydrogen (secondary N) is 2. The summed E-state index contributed by atoms with van der Waals surface area (Å²) in [4.78, 5) is 38.0. The summed E-state index contributed by atoms with van der Waals surface area (Å²) < 4.78 is 69.2. The topological polar surface area (TPSA) is 127 Å². The van der Waals surface area contributed by atoms with Gasteiger partial charge in [0, 0.05) is 60.2 Å². The van der Waals surface area contributed by atoms with Gasteiger partial charge < -0.3 is 24.7 Å². The lowest BCUT2D eigenvalue weighted by Gasteiger charge is -2.27. The van der Waals surface area contributed by atoms with Crippen LogP contribution in [0.15, 0.2) is 48.9 Å². The van der Waals surface area contributed by atoms with Crippen LogP contribution >= 0.6 is 0 Å². The van der Waals surface area contributed by atoms with E-state index >= 15 is 4.39 Å². The number of esters is 1. The Morgan fingerprint density at radius 3 is 2.34 bits per heavy atom. The van der Waals surface area contributed by atoms with E-state index in [4.69, 9.17) is 14.6 Å². The van der Waals surface area contributed by atoms with E-state index in [9.17, 15) is 22.8 Å². The van der Waals surface area contributed by atoms with Crippen molar-refractivity contribution in [1.82, 2.24) is 30.0 Å². The molecule has 1 aliphatic heterocycles. The summed E-state index contributed by atoms with van der Waals surface area (Å²) in [5.74, 6) is -1.21. The second-order valence-corrected chi connectivity index (χ2v) is 13.9. The summed E-state index contributed by atoms with van der Waals surface area (Å²) in [5, 5.41) is 8.03. The molecule has 6 rings (SSSR count). The Balaban J connectivity index is 1.42. The molecule has 280 valence electrons. The molecule has 5 aromatic rings. The van der Waals surface area contributed by atoms with Gasteiger partial charge in [-0.25, -0.2) is 28.6 Å². The molecule has 0 saturated heterocycles. The highest BCUT2D eigenvalue weighted by Gasteiger charge is 2.34. The average molecular weight is 736 g/mol. The van der Waals surface area contributed by atoms with Crippen LogP contribution in [0, 0.1) is 5.82 Å². The highest BCUT2D eigenvalue weighted by molar-refractivity contribution is 5.98. The highest BCUT2D eigenvalue weighted by Crippen LogP contribution is 2.41. The first-order chi connectivity index (χ1) is 25.1. The molecule has 3 aromatic heterocycles. The van der Waals surface area contributed by atoms with E-state index in [1.807, 2.05) is 32.0 Å². The van der Waals surface area contributed by atoms with Crippen LogP contribution < -0.4 is 10.2 Å². The number of aromatic nitrogens is 5. The molecular weight excluding hydrogens is 694 g/mol. The standard InChI is InChI=1S/C38H41F4N7O4/c1-7-22-10-9-11-23(8-2)32(22)49-33(27-19-48(15-13-29(27)47-49)35-44-17-25(18-45-35)38(40,41)42)30-26-12-14-43-31(26)24(16-28(30)39)20-52-34(50)21(3)46-36(51)53-37(4,5)6/h9-12,14,16-18,21,43H,7-8,13,15,19-20H2,1-6H3,(H,46,51)/t21-/m0/s1. The number of fused-ring (bicyclic) bond motifs is 2. The highest BCUT2D eigenvalue weighted by atomic mass is 19.4. The van der Waals surface area contributed by atoms with Crippen molar-refractivity contribution in [3.8, 4) is 16.9 Å². The van der Waals surface area contributed by atoms with E-state index in [1.165, 1.54) is 13.0 Å². The van der Waals surface area contributed by atoms with Crippen molar-refractivity contribution in [3.63, 3.8) is 0 Å². The Bertz CT molecular complexity index is 2130. The van der Waals surface area contributed by atoms with Gasteiger partial charge in [-0.15, -0.1) is 0 Å². The molecule has 0 spiro atoms. The number of alkyl carbamates (subject to hydrolysis) is 1. The normalized spacial score (nSPS) is 13.9. The number of aryl methyl sites for hydroxylation is 2. The van der Waals surface area contributed by atoms with Crippen LogP contribution in [-0.4, -0.2) is 55.0 Å². The zero-order valence-electron chi connectivity index (χ0n) is 30.3. The summed E-state index contributed by atoms with van der Waals surface area (Å²) in [6, 6.07) is 8.03. The fraction of sp³-hybridized carbons (Fsp3) is 0.395. The van der Waals surface area contributed by atoms with Gasteiger partial charge >= 0.3 is 18.2 Å². The Kier molecular flexibility index (Phi) is 10.2. The predicted molar refractivity (Wildman–Crippen MR) is 190 cm³/mol. The van der Waals surface area contributed by atoms with Crippen molar-refractivity contribution < 1.29 is 36.6 Å². The van der Waals surface area contributed by atoms with Gasteiger partial charge in [0.2, 0.25) is 5.95 Å². The lowest BCUT2D eigenvalue weighted by Crippen LogP contribution is -2.42. The molecule has 53 heavy (non-hydrogen) atoms. The molecule has 4 heterocycles. The number of carbonyl (C=O) groups excluding carboxylic acids is 2. The number of halogens is 4. The summed E-state index contributed by atoms with van der Waals surface area (Å²) in [6.07, 6.45) is -0.381. The second kappa shape index (κ2) is 14.5. The number of hydrogen-bond acceptors (Lipinski definition) is 8. The summed E-state index contributed by atoms with van der Waals surface area (Å²) in [6.45, 7) is 10.9. The number of amides is 1. The summed E-state index contributed by atoms with van der Waals surface area (Å²) >= 11 is 0. The van der Waals surface area contributed by atoms with Gasteiger partial charge in [-0.05, 0) is 63.8 Å². The quantitative estimate of drug-likeness (QED) is 0.117. The number of carbonyl (C=O) groups is 2. The molecule has 0 fully saturated rings. The van der Waals surface area contributed by atoms with Crippen molar-refractivity contribution in [3.05, 3.63) is 88.3 Å². The number of H-pyrrole nitrogens is 1. The van der Waals surface area contributed by atoms with Crippen molar-refractivity contribution in [2.24, 2.45) is 0 Å². The minimum absolute atomic E-state index is 0.116. The number of para-hydroxylation sites is 1. The smallest absolute Gasteiger partial charge is 0.419 e. The van der Waals surface area contributed by atoms with Gasteiger partial charge in [0.05, 0.1) is 28.2 Å². The molecule has 2 N–H and O–H groups in total. The minimum Gasteiger partial charge on any atom is -0.459 e. The first-order valence-electron chi connectivity index (χ1n) is 17.4. The van der Waals surface area contributed by atoms with Crippen LogP contribution in [0.25, 0.3) is 27.8 Å². The van der Waals surface area contributed by atoms with Crippen LogP contribution in [0.5, 0.6) is 0 Å². The Labute approximate surface area is 303 Å². The van der Waals surface area contributed by atoms with Gasteiger partial charge in [-0.2, -0.15) is 18.3 Å². The zero-order chi connectivity index (χ0) is 38.2. The van der Waals surface area contributed by atoms with E-state index in [1.54, 1.807) is 42.6 Å². The number of rotatable bonds is 9. The monoisotopic (exact) mass is 735 g/mol. The predicted octanol–water partition coefficient (Wildman–Crippen LogP) is 7.61. The molecule has 0 bridgehead atoms. The number of nitrogens with zero attached hydrogens (tertiary/aromatic N) is 5. The molecule has 1 aliphatic rings. The van der Waals surface area contributed by atoms with Gasteiger partial charge in [-0.1, -0.05) is 32.0 Å². The number of anilines is 1. The number of hydrogen-bond donors (Lipinski definition) is 2. The third-order valence-corrected chi connectivity index (χ3v) is 9.03.